The molecule has 5 nitrogen and oxygen atoms in total. The summed E-state index contributed by atoms with van der Waals surface area (Å²) in [4.78, 5) is 18.7. The third-order valence-electron chi connectivity index (χ3n) is 4.30. The second kappa shape index (κ2) is 9.22. The Labute approximate surface area is 156 Å². The van der Waals surface area contributed by atoms with Crippen molar-refractivity contribution in [3.63, 3.8) is 0 Å². The summed E-state index contributed by atoms with van der Waals surface area (Å²) in [6.07, 6.45) is 1.61. The molecule has 0 fully saturated rings. The van der Waals surface area contributed by atoms with Crippen molar-refractivity contribution in [1.82, 2.24) is 10.3 Å². The third-order valence-corrected chi connectivity index (χ3v) is 4.30. The molecule has 1 aromatic heterocycles. The average molecular weight is 354 g/mol. The van der Waals surface area contributed by atoms with E-state index in [1.165, 1.54) is 5.69 Å². The zero-order valence-corrected chi connectivity index (χ0v) is 16.5. The minimum Gasteiger partial charge on any atom is -0.372 e. The number of nitrogens with zero attached hydrogens (tertiary/aromatic N) is 2. The first-order chi connectivity index (χ1) is 12.4. The molecule has 2 N–H and O–H groups in total. The number of nitrogens with one attached hydrogen (secondary N) is 2. The number of hydrogen-bond acceptors (Lipinski definition) is 4. The van der Waals surface area contributed by atoms with Crippen LogP contribution in [0.4, 0.5) is 17.2 Å². The number of pyridine rings is 1. The zero-order chi connectivity index (χ0) is 19.1. The molecule has 0 aliphatic carbocycles. The van der Waals surface area contributed by atoms with E-state index >= 15 is 0 Å². The van der Waals surface area contributed by atoms with Crippen LogP contribution < -0.4 is 15.5 Å². The number of carbonyl (C=O) groups excluding carboxylic acids is 1. The predicted octanol–water partition coefficient (Wildman–Crippen LogP) is 4.37. The quantitative estimate of drug-likeness (QED) is 0.739. The van der Waals surface area contributed by atoms with E-state index in [1.807, 2.05) is 6.07 Å². The maximum atomic E-state index is 12.1. The summed E-state index contributed by atoms with van der Waals surface area (Å²) in [5.41, 5.74) is 3.98. The highest BCUT2D eigenvalue weighted by Gasteiger charge is 2.08. The van der Waals surface area contributed by atoms with Gasteiger partial charge in [-0.2, -0.15) is 0 Å². The van der Waals surface area contributed by atoms with Crippen LogP contribution in [-0.2, 0) is 0 Å². The lowest BCUT2D eigenvalue weighted by Crippen LogP contribution is -2.27. The average Bonchev–Trinajstić information content (AvgIpc) is 2.63. The number of rotatable bonds is 8. The molecule has 0 saturated heterocycles. The maximum absolute atomic E-state index is 12.1. The van der Waals surface area contributed by atoms with Crippen molar-refractivity contribution in [1.29, 1.82) is 0 Å². The Morgan fingerprint density at radius 1 is 1.15 bits per heavy atom. The zero-order valence-electron chi connectivity index (χ0n) is 16.5. The van der Waals surface area contributed by atoms with Gasteiger partial charge in [0, 0.05) is 37.2 Å². The van der Waals surface area contributed by atoms with E-state index in [9.17, 15) is 4.79 Å². The molecule has 1 heterocycles. The topological polar surface area (TPSA) is 57.3 Å². The SMILES string of the molecule is CCN(CC)c1ccc(Nc2ccc(C(=O)NCC(C)C)cn2)c(C)c1. The second-order valence-corrected chi connectivity index (χ2v) is 6.83. The number of benzene rings is 1. The van der Waals surface area contributed by atoms with E-state index < -0.39 is 0 Å². The molecule has 2 aromatic rings. The van der Waals surface area contributed by atoms with Crippen LogP contribution >= 0.6 is 0 Å². The first-order valence-corrected chi connectivity index (χ1v) is 9.31. The van der Waals surface area contributed by atoms with Crippen LogP contribution in [0.5, 0.6) is 0 Å². The van der Waals surface area contributed by atoms with Gasteiger partial charge in [-0.3, -0.25) is 4.79 Å². The molecule has 1 amide bonds. The third kappa shape index (κ3) is 5.22. The van der Waals surface area contributed by atoms with Gasteiger partial charge in [-0.1, -0.05) is 13.8 Å². The number of hydrogen-bond donors (Lipinski definition) is 2. The van der Waals surface area contributed by atoms with E-state index in [2.05, 4.69) is 73.3 Å². The molecule has 0 aliphatic heterocycles. The van der Waals surface area contributed by atoms with Gasteiger partial charge >= 0.3 is 0 Å². The summed E-state index contributed by atoms with van der Waals surface area (Å²) >= 11 is 0. The van der Waals surface area contributed by atoms with Crippen molar-refractivity contribution >= 4 is 23.1 Å². The Bertz CT molecular complexity index is 721. The molecule has 0 aliphatic rings. The van der Waals surface area contributed by atoms with Crippen molar-refractivity contribution in [3.8, 4) is 0 Å². The fourth-order valence-electron chi connectivity index (χ4n) is 2.71. The molecule has 2 rings (SSSR count). The number of carbonyl (C=O) groups is 1. The summed E-state index contributed by atoms with van der Waals surface area (Å²) in [6.45, 7) is 13.2. The molecule has 1 aromatic carbocycles. The Kier molecular flexibility index (Phi) is 7.01. The van der Waals surface area contributed by atoms with E-state index in [1.54, 1.807) is 12.3 Å². The van der Waals surface area contributed by atoms with Gasteiger partial charge in [-0.05, 0) is 62.6 Å². The van der Waals surface area contributed by atoms with Crippen LogP contribution in [0.1, 0.15) is 43.6 Å². The van der Waals surface area contributed by atoms with Crippen LogP contribution in [0.15, 0.2) is 36.5 Å². The summed E-state index contributed by atoms with van der Waals surface area (Å²) in [5.74, 6) is 1.07. The monoisotopic (exact) mass is 354 g/mol. The molecule has 0 bridgehead atoms. The number of aromatic nitrogens is 1. The predicted molar refractivity (Wildman–Crippen MR) is 109 cm³/mol. The van der Waals surface area contributed by atoms with Gasteiger partial charge in [-0.25, -0.2) is 4.98 Å². The smallest absolute Gasteiger partial charge is 0.252 e. The highest BCUT2D eigenvalue weighted by atomic mass is 16.1. The standard InChI is InChI=1S/C21H30N4O/c1-6-25(7-2)18-9-10-19(16(5)12-18)24-20-11-8-17(14-22-20)21(26)23-13-15(3)4/h8-12,14-15H,6-7,13H2,1-5H3,(H,22,24)(H,23,26). The minimum absolute atomic E-state index is 0.0856. The Balaban J connectivity index is 2.06. The normalized spacial score (nSPS) is 10.7. The van der Waals surface area contributed by atoms with E-state index in [4.69, 9.17) is 0 Å². The van der Waals surface area contributed by atoms with Gasteiger partial charge < -0.3 is 15.5 Å². The second-order valence-electron chi connectivity index (χ2n) is 6.83. The lowest BCUT2D eigenvalue weighted by atomic mass is 10.1. The Morgan fingerprint density at radius 3 is 2.42 bits per heavy atom. The summed E-state index contributed by atoms with van der Waals surface area (Å²) in [5, 5.41) is 6.23. The molecule has 0 unspecified atom stereocenters. The summed E-state index contributed by atoms with van der Waals surface area (Å²) in [7, 11) is 0. The van der Waals surface area contributed by atoms with Crippen LogP contribution in [-0.4, -0.2) is 30.5 Å². The van der Waals surface area contributed by atoms with Crippen LogP contribution in [0.2, 0.25) is 0 Å². The van der Waals surface area contributed by atoms with E-state index in [0.717, 1.165) is 30.2 Å². The molecule has 0 atom stereocenters. The molecule has 26 heavy (non-hydrogen) atoms. The fraction of sp³-hybridized carbons (Fsp3) is 0.429. The maximum Gasteiger partial charge on any atom is 0.252 e. The van der Waals surface area contributed by atoms with Gasteiger partial charge in [0.25, 0.3) is 5.91 Å². The summed E-state index contributed by atoms with van der Waals surface area (Å²) < 4.78 is 0. The van der Waals surface area contributed by atoms with Gasteiger partial charge in [-0.15, -0.1) is 0 Å². The molecule has 0 spiro atoms. The lowest BCUT2D eigenvalue weighted by molar-refractivity contribution is 0.0948. The molecule has 5 heteroatoms. The van der Waals surface area contributed by atoms with Crippen LogP contribution in [0.3, 0.4) is 0 Å². The van der Waals surface area contributed by atoms with Gasteiger partial charge in [0.05, 0.1) is 5.56 Å². The van der Waals surface area contributed by atoms with Crippen LogP contribution in [0, 0.1) is 12.8 Å². The largest absolute Gasteiger partial charge is 0.372 e. The van der Waals surface area contributed by atoms with Crippen molar-refractivity contribution in [2.45, 2.75) is 34.6 Å². The molecular weight excluding hydrogens is 324 g/mol. The highest BCUT2D eigenvalue weighted by Crippen LogP contribution is 2.25. The van der Waals surface area contributed by atoms with Crippen molar-refractivity contribution in [3.05, 3.63) is 47.7 Å². The first-order valence-electron chi connectivity index (χ1n) is 9.31. The van der Waals surface area contributed by atoms with Crippen molar-refractivity contribution in [2.24, 2.45) is 5.92 Å². The Morgan fingerprint density at radius 2 is 1.88 bits per heavy atom. The molecule has 0 radical (unpaired) electrons. The van der Waals surface area contributed by atoms with Gasteiger partial charge in [0.1, 0.15) is 5.82 Å². The molecular formula is C21H30N4O. The summed E-state index contributed by atoms with van der Waals surface area (Å²) in [6, 6.07) is 10.0. The van der Waals surface area contributed by atoms with Gasteiger partial charge in [0.15, 0.2) is 0 Å². The number of anilines is 3. The van der Waals surface area contributed by atoms with Crippen LogP contribution in [0.25, 0.3) is 0 Å². The molecule has 140 valence electrons. The highest BCUT2D eigenvalue weighted by molar-refractivity contribution is 5.94. The number of amides is 1. The van der Waals surface area contributed by atoms with Crippen molar-refractivity contribution < 1.29 is 4.79 Å². The van der Waals surface area contributed by atoms with Gasteiger partial charge in [0.2, 0.25) is 0 Å². The number of aryl methyl sites for hydroxylation is 1. The Hall–Kier alpha value is -2.56. The van der Waals surface area contributed by atoms with E-state index in [-0.39, 0.29) is 5.91 Å². The lowest BCUT2D eigenvalue weighted by Gasteiger charge is -2.22. The fourth-order valence-corrected chi connectivity index (χ4v) is 2.71. The van der Waals surface area contributed by atoms with Crippen molar-refractivity contribution in [2.75, 3.05) is 29.9 Å². The van der Waals surface area contributed by atoms with E-state index in [0.29, 0.717) is 18.0 Å². The molecule has 0 saturated carbocycles. The first kappa shape index (κ1) is 19.8. The minimum atomic E-state index is -0.0856.